The lowest BCUT2D eigenvalue weighted by Crippen LogP contribution is -2.56. The molecule has 1 aromatic rings. The van der Waals surface area contributed by atoms with Gasteiger partial charge in [0.15, 0.2) is 19.0 Å². The molecule has 5 aliphatic rings. The number of ketones is 1. The quantitative estimate of drug-likeness (QED) is 0.473. The van der Waals surface area contributed by atoms with E-state index < -0.39 is 5.41 Å². The minimum atomic E-state index is -0.524. The van der Waals surface area contributed by atoms with Crippen molar-refractivity contribution in [1.29, 1.82) is 0 Å². The standard InChI is InChI=1S/C21H22ClNO5/c22-21-7-12-3-13(8-21)6-20(5-12,11-21)19(26)28-9-16(24)14-1-2-17-15(4-14)23-18(25)10-27-17/h1-2,4,12-13H,3,5-11H2,(H,23,25)/t12-,13+,20?,21?. The highest BCUT2D eigenvalue weighted by atomic mass is 35.5. The molecule has 2 unspecified atom stereocenters. The molecule has 4 bridgehead atoms. The molecule has 7 heteroatoms. The number of halogens is 1. The minimum absolute atomic E-state index is 0.0377. The van der Waals surface area contributed by atoms with Crippen molar-refractivity contribution >= 4 is 34.9 Å². The zero-order valence-corrected chi connectivity index (χ0v) is 16.2. The Morgan fingerprint density at radius 2 is 1.96 bits per heavy atom. The van der Waals surface area contributed by atoms with Crippen molar-refractivity contribution in [1.82, 2.24) is 0 Å². The average molecular weight is 404 g/mol. The van der Waals surface area contributed by atoms with Gasteiger partial charge in [-0.3, -0.25) is 14.4 Å². The number of amides is 1. The molecule has 0 spiro atoms. The second-order valence-electron chi connectivity index (χ2n) is 8.94. The van der Waals surface area contributed by atoms with Crippen LogP contribution in [0, 0.1) is 17.3 Å². The fourth-order valence-corrected chi connectivity index (χ4v) is 6.71. The summed E-state index contributed by atoms with van der Waals surface area (Å²) in [4.78, 5) is 36.7. The number of carbonyl (C=O) groups excluding carboxylic acids is 3. The number of alkyl halides is 1. The third-order valence-electron chi connectivity index (χ3n) is 6.69. The van der Waals surface area contributed by atoms with Crippen LogP contribution in [0.15, 0.2) is 18.2 Å². The number of hydrogen-bond donors (Lipinski definition) is 1. The third kappa shape index (κ3) is 2.98. The fraction of sp³-hybridized carbons (Fsp3) is 0.571. The first kappa shape index (κ1) is 18.0. The zero-order valence-electron chi connectivity index (χ0n) is 15.5. The normalized spacial score (nSPS) is 35.0. The van der Waals surface area contributed by atoms with E-state index in [0.29, 0.717) is 35.3 Å². The summed E-state index contributed by atoms with van der Waals surface area (Å²) in [6.07, 6.45) is 5.44. The Labute approximate surface area is 167 Å². The second-order valence-corrected chi connectivity index (χ2v) is 9.74. The number of carbonyl (C=O) groups is 3. The maximum absolute atomic E-state index is 12.9. The van der Waals surface area contributed by atoms with Crippen LogP contribution in [0.2, 0.25) is 0 Å². The second kappa shape index (κ2) is 6.21. The highest BCUT2D eigenvalue weighted by molar-refractivity contribution is 6.24. The lowest BCUT2D eigenvalue weighted by Gasteiger charge is -2.58. The van der Waals surface area contributed by atoms with Gasteiger partial charge in [0.2, 0.25) is 0 Å². The van der Waals surface area contributed by atoms with Crippen LogP contribution >= 0.6 is 11.6 Å². The average Bonchev–Trinajstić information content (AvgIpc) is 2.63. The van der Waals surface area contributed by atoms with E-state index in [1.54, 1.807) is 18.2 Å². The van der Waals surface area contributed by atoms with Crippen molar-refractivity contribution in [3.8, 4) is 5.75 Å². The number of hydrogen-bond acceptors (Lipinski definition) is 5. The maximum Gasteiger partial charge on any atom is 0.312 e. The highest BCUT2D eigenvalue weighted by Crippen LogP contribution is 2.64. The van der Waals surface area contributed by atoms with Crippen LogP contribution in [0.5, 0.6) is 5.75 Å². The van der Waals surface area contributed by atoms with Gasteiger partial charge in [-0.15, -0.1) is 11.6 Å². The summed E-state index contributed by atoms with van der Waals surface area (Å²) in [6, 6.07) is 4.81. The number of esters is 1. The number of fused-ring (bicyclic) bond motifs is 1. The molecule has 1 heterocycles. The van der Waals surface area contributed by atoms with Crippen molar-refractivity contribution < 1.29 is 23.9 Å². The van der Waals surface area contributed by atoms with E-state index in [1.165, 1.54) is 0 Å². The monoisotopic (exact) mass is 403 g/mol. The Bertz CT molecular complexity index is 868. The van der Waals surface area contributed by atoms with Crippen molar-refractivity contribution in [2.24, 2.45) is 17.3 Å². The lowest BCUT2D eigenvalue weighted by molar-refractivity contribution is -0.168. The zero-order chi connectivity index (χ0) is 19.5. The van der Waals surface area contributed by atoms with Crippen molar-refractivity contribution in [3.05, 3.63) is 23.8 Å². The van der Waals surface area contributed by atoms with Gasteiger partial charge in [0.1, 0.15) is 5.75 Å². The van der Waals surface area contributed by atoms with Gasteiger partial charge in [-0.05, 0) is 68.6 Å². The van der Waals surface area contributed by atoms with Crippen LogP contribution < -0.4 is 10.1 Å². The van der Waals surface area contributed by atoms with Crippen LogP contribution in [-0.2, 0) is 14.3 Å². The molecule has 4 aliphatic carbocycles. The predicted molar refractivity (Wildman–Crippen MR) is 102 cm³/mol. The van der Waals surface area contributed by atoms with Gasteiger partial charge in [0, 0.05) is 10.4 Å². The van der Waals surface area contributed by atoms with E-state index in [0.717, 1.165) is 32.1 Å². The molecule has 0 aromatic heterocycles. The van der Waals surface area contributed by atoms with Gasteiger partial charge in [0.25, 0.3) is 5.91 Å². The topological polar surface area (TPSA) is 81.7 Å². The molecular formula is C21H22ClNO5. The number of ether oxygens (including phenoxy) is 2. The third-order valence-corrected chi connectivity index (χ3v) is 7.13. The number of rotatable bonds is 4. The Morgan fingerprint density at radius 1 is 1.21 bits per heavy atom. The van der Waals surface area contributed by atoms with E-state index >= 15 is 0 Å². The van der Waals surface area contributed by atoms with E-state index in [1.807, 2.05) is 0 Å². The number of anilines is 1. The molecule has 148 valence electrons. The molecule has 4 atom stereocenters. The molecule has 4 saturated carbocycles. The molecule has 1 N–H and O–H groups in total. The van der Waals surface area contributed by atoms with Gasteiger partial charge in [-0.1, -0.05) is 0 Å². The Balaban J connectivity index is 1.27. The predicted octanol–water partition coefficient (Wildman–Crippen LogP) is 3.32. The SMILES string of the molecule is O=C1COc2ccc(C(=O)COC(=O)C34C[C@@H]5C[C@@H](CC(Cl)(C5)C3)C4)cc2N1. The maximum atomic E-state index is 12.9. The Kier molecular flexibility index (Phi) is 3.99. The van der Waals surface area contributed by atoms with Gasteiger partial charge in [-0.2, -0.15) is 0 Å². The lowest BCUT2D eigenvalue weighted by atomic mass is 9.49. The molecule has 4 fully saturated rings. The van der Waals surface area contributed by atoms with Crippen LogP contribution in [0.25, 0.3) is 0 Å². The van der Waals surface area contributed by atoms with E-state index in [2.05, 4.69) is 5.32 Å². The molecule has 6 rings (SSSR count). The first-order valence-corrected chi connectivity index (χ1v) is 10.2. The summed E-state index contributed by atoms with van der Waals surface area (Å²) < 4.78 is 10.8. The van der Waals surface area contributed by atoms with E-state index in [-0.39, 0.29) is 35.7 Å². The van der Waals surface area contributed by atoms with Crippen LogP contribution in [0.1, 0.15) is 48.9 Å². The fourth-order valence-electron chi connectivity index (χ4n) is 6.01. The molecular weight excluding hydrogens is 382 g/mol. The largest absolute Gasteiger partial charge is 0.482 e. The molecule has 0 saturated heterocycles. The first-order chi connectivity index (χ1) is 13.3. The van der Waals surface area contributed by atoms with Crippen molar-refractivity contribution in [2.75, 3.05) is 18.5 Å². The minimum Gasteiger partial charge on any atom is -0.482 e. The van der Waals surface area contributed by atoms with Gasteiger partial charge in [0.05, 0.1) is 11.1 Å². The summed E-state index contributed by atoms with van der Waals surface area (Å²) in [5, 5.41) is 2.67. The molecule has 0 radical (unpaired) electrons. The Morgan fingerprint density at radius 3 is 2.68 bits per heavy atom. The smallest absolute Gasteiger partial charge is 0.312 e. The molecule has 1 aromatic carbocycles. The summed E-state index contributed by atoms with van der Waals surface area (Å²) in [7, 11) is 0. The van der Waals surface area contributed by atoms with Crippen LogP contribution in [0.3, 0.4) is 0 Å². The van der Waals surface area contributed by atoms with Gasteiger partial charge in [-0.25, -0.2) is 0 Å². The van der Waals surface area contributed by atoms with Gasteiger partial charge < -0.3 is 14.8 Å². The summed E-state index contributed by atoms with van der Waals surface area (Å²) in [6.45, 7) is -0.344. The summed E-state index contributed by atoms with van der Waals surface area (Å²) >= 11 is 6.78. The number of nitrogens with one attached hydrogen (secondary N) is 1. The Hall–Kier alpha value is -2.08. The van der Waals surface area contributed by atoms with Crippen molar-refractivity contribution in [2.45, 2.75) is 43.4 Å². The van der Waals surface area contributed by atoms with Crippen molar-refractivity contribution in [3.63, 3.8) is 0 Å². The first-order valence-electron chi connectivity index (χ1n) is 9.80. The molecule has 1 aliphatic heterocycles. The van der Waals surface area contributed by atoms with E-state index in [9.17, 15) is 14.4 Å². The summed E-state index contributed by atoms with van der Waals surface area (Å²) in [5.41, 5.74) is 0.305. The number of benzene rings is 1. The molecule has 28 heavy (non-hydrogen) atoms. The van der Waals surface area contributed by atoms with Gasteiger partial charge >= 0.3 is 5.97 Å². The molecule has 6 nitrogen and oxygen atoms in total. The highest BCUT2D eigenvalue weighted by Gasteiger charge is 2.60. The molecule has 1 amide bonds. The van der Waals surface area contributed by atoms with Crippen LogP contribution in [0.4, 0.5) is 5.69 Å². The van der Waals surface area contributed by atoms with E-state index in [4.69, 9.17) is 21.1 Å². The number of Topliss-reactive ketones (excluding diaryl/α,β-unsaturated/α-hetero) is 1. The summed E-state index contributed by atoms with van der Waals surface area (Å²) in [5.74, 6) is 0.655. The van der Waals surface area contributed by atoms with Crippen LogP contribution in [-0.4, -0.2) is 35.7 Å².